The minimum Gasteiger partial charge on any atom is -0.465 e. The third-order valence-corrected chi connectivity index (χ3v) is 4.69. The largest absolute Gasteiger partial charge is 0.465 e. The van der Waals surface area contributed by atoms with Crippen LogP contribution in [0.25, 0.3) is 0 Å². The standard InChI is InChI=1S/C20H22N2O3/c1-25-20(24)17-6-3-2-5-15(17)8-9-19(23)22-14-4-7-18(22)16-10-12-21-13-11-16/h2-3,5-6,10-13,18H,4,7-9,14H2,1H3. The number of hydrogen-bond donors (Lipinski definition) is 0. The topological polar surface area (TPSA) is 59.5 Å². The van der Waals surface area contributed by atoms with Crippen LogP contribution in [0, 0.1) is 0 Å². The Bertz CT molecular complexity index is 746. The molecule has 1 aromatic heterocycles. The number of pyridine rings is 1. The van der Waals surface area contributed by atoms with E-state index >= 15 is 0 Å². The fourth-order valence-electron chi connectivity index (χ4n) is 3.43. The molecule has 1 aliphatic rings. The second kappa shape index (κ2) is 7.92. The molecule has 25 heavy (non-hydrogen) atoms. The number of aryl methyl sites for hydroxylation is 1. The highest BCUT2D eigenvalue weighted by molar-refractivity contribution is 5.91. The third-order valence-electron chi connectivity index (χ3n) is 4.69. The van der Waals surface area contributed by atoms with E-state index in [4.69, 9.17) is 4.74 Å². The highest BCUT2D eigenvalue weighted by Gasteiger charge is 2.29. The van der Waals surface area contributed by atoms with Crippen LogP contribution in [0.15, 0.2) is 48.8 Å². The first-order chi connectivity index (χ1) is 12.2. The number of hydrogen-bond acceptors (Lipinski definition) is 4. The van der Waals surface area contributed by atoms with Crippen molar-refractivity contribution >= 4 is 11.9 Å². The van der Waals surface area contributed by atoms with E-state index in [0.717, 1.165) is 30.5 Å². The van der Waals surface area contributed by atoms with Crippen LogP contribution in [0.2, 0.25) is 0 Å². The van der Waals surface area contributed by atoms with Gasteiger partial charge in [-0.2, -0.15) is 0 Å². The number of carbonyl (C=O) groups is 2. The lowest BCUT2D eigenvalue weighted by molar-refractivity contribution is -0.132. The molecule has 1 aromatic carbocycles. The lowest BCUT2D eigenvalue weighted by Gasteiger charge is -2.25. The van der Waals surface area contributed by atoms with Crippen molar-refractivity contribution in [3.8, 4) is 0 Å². The number of aromatic nitrogens is 1. The number of amides is 1. The number of ether oxygens (including phenoxy) is 1. The van der Waals surface area contributed by atoms with Gasteiger partial charge in [-0.05, 0) is 48.6 Å². The van der Waals surface area contributed by atoms with E-state index in [1.54, 1.807) is 24.5 Å². The summed E-state index contributed by atoms with van der Waals surface area (Å²) in [5, 5.41) is 0. The van der Waals surface area contributed by atoms with E-state index in [-0.39, 0.29) is 17.9 Å². The zero-order valence-corrected chi connectivity index (χ0v) is 14.4. The summed E-state index contributed by atoms with van der Waals surface area (Å²) in [5.74, 6) is -0.238. The first-order valence-corrected chi connectivity index (χ1v) is 8.56. The molecular formula is C20H22N2O3. The van der Waals surface area contributed by atoms with Gasteiger partial charge in [0, 0.05) is 25.4 Å². The Morgan fingerprint density at radius 3 is 2.72 bits per heavy atom. The normalized spacial score (nSPS) is 16.7. The van der Waals surface area contributed by atoms with Gasteiger partial charge in [0.15, 0.2) is 0 Å². The number of methoxy groups -OCH3 is 1. The molecule has 1 fully saturated rings. The van der Waals surface area contributed by atoms with Gasteiger partial charge in [-0.25, -0.2) is 4.79 Å². The molecule has 1 aliphatic heterocycles. The van der Waals surface area contributed by atoms with Crippen molar-refractivity contribution < 1.29 is 14.3 Å². The molecule has 3 rings (SSSR count). The molecule has 1 saturated heterocycles. The second-order valence-electron chi connectivity index (χ2n) is 6.17. The lowest BCUT2D eigenvalue weighted by Crippen LogP contribution is -2.30. The van der Waals surface area contributed by atoms with Gasteiger partial charge in [-0.15, -0.1) is 0 Å². The molecule has 0 N–H and O–H groups in total. The Balaban J connectivity index is 1.68. The number of esters is 1. The van der Waals surface area contributed by atoms with Crippen molar-refractivity contribution in [3.63, 3.8) is 0 Å². The molecule has 1 amide bonds. The average molecular weight is 338 g/mol. The lowest BCUT2D eigenvalue weighted by atomic mass is 10.0. The molecule has 0 aliphatic carbocycles. The Morgan fingerprint density at radius 1 is 1.20 bits per heavy atom. The maximum atomic E-state index is 12.7. The highest BCUT2D eigenvalue weighted by Crippen LogP contribution is 2.32. The monoisotopic (exact) mass is 338 g/mol. The summed E-state index contributed by atoms with van der Waals surface area (Å²) in [4.78, 5) is 30.6. The fourth-order valence-corrected chi connectivity index (χ4v) is 3.43. The number of likely N-dealkylation sites (tertiary alicyclic amines) is 1. The highest BCUT2D eigenvalue weighted by atomic mass is 16.5. The summed E-state index contributed by atoms with van der Waals surface area (Å²) in [6.07, 6.45) is 6.44. The van der Waals surface area contributed by atoms with E-state index in [9.17, 15) is 9.59 Å². The minimum absolute atomic E-state index is 0.124. The zero-order chi connectivity index (χ0) is 17.6. The van der Waals surface area contributed by atoms with Gasteiger partial charge in [-0.3, -0.25) is 9.78 Å². The van der Waals surface area contributed by atoms with Crippen LogP contribution in [-0.4, -0.2) is 35.4 Å². The Kier molecular flexibility index (Phi) is 5.43. The van der Waals surface area contributed by atoms with E-state index in [1.807, 2.05) is 29.2 Å². The van der Waals surface area contributed by atoms with Gasteiger partial charge in [0.2, 0.25) is 5.91 Å². The van der Waals surface area contributed by atoms with E-state index in [2.05, 4.69) is 4.98 Å². The molecule has 2 aromatic rings. The van der Waals surface area contributed by atoms with Crippen molar-refractivity contribution in [1.29, 1.82) is 0 Å². The van der Waals surface area contributed by atoms with Crippen molar-refractivity contribution in [1.82, 2.24) is 9.88 Å². The smallest absolute Gasteiger partial charge is 0.338 e. The van der Waals surface area contributed by atoms with Gasteiger partial charge in [0.25, 0.3) is 0 Å². The molecule has 0 radical (unpaired) electrons. The summed E-state index contributed by atoms with van der Waals surface area (Å²) >= 11 is 0. The third kappa shape index (κ3) is 3.87. The molecule has 1 unspecified atom stereocenters. The van der Waals surface area contributed by atoms with Crippen molar-refractivity contribution in [2.24, 2.45) is 0 Å². The van der Waals surface area contributed by atoms with Crippen LogP contribution in [-0.2, 0) is 16.0 Å². The predicted octanol–water partition coefficient (Wildman–Crippen LogP) is 3.16. The van der Waals surface area contributed by atoms with Crippen molar-refractivity contribution in [3.05, 3.63) is 65.5 Å². The van der Waals surface area contributed by atoms with Crippen LogP contribution < -0.4 is 0 Å². The number of benzene rings is 1. The first-order valence-electron chi connectivity index (χ1n) is 8.56. The van der Waals surface area contributed by atoms with E-state index in [1.165, 1.54) is 7.11 Å². The average Bonchev–Trinajstić information content (AvgIpc) is 3.16. The summed E-state index contributed by atoms with van der Waals surface area (Å²) < 4.78 is 4.82. The molecule has 0 bridgehead atoms. The van der Waals surface area contributed by atoms with Crippen molar-refractivity contribution in [2.75, 3.05) is 13.7 Å². The van der Waals surface area contributed by atoms with Gasteiger partial charge in [0.05, 0.1) is 18.7 Å². The van der Waals surface area contributed by atoms with Gasteiger partial charge >= 0.3 is 5.97 Å². The summed E-state index contributed by atoms with van der Waals surface area (Å²) in [6.45, 7) is 0.782. The predicted molar refractivity (Wildman–Crippen MR) is 94.0 cm³/mol. The molecule has 0 saturated carbocycles. The number of rotatable bonds is 5. The summed E-state index contributed by atoms with van der Waals surface area (Å²) in [7, 11) is 1.37. The van der Waals surface area contributed by atoms with Crippen LogP contribution in [0.4, 0.5) is 0 Å². The van der Waals surface area contributed by atoms with Crippen LogP contribution in [0.3, 0.4) is 0 Å². The minimum atomic E-state index is -0.362. The number of carbonyl (C=O) groups excluding carboxylic acids is 2. The second-order valence-corrected chi connectivity index (χ2v) is 6.17. The summed E-state index contributed by atoms with van der Waals surface area (Å²) in [5.41, 5.74) is 2.52. The Hall–Kier alpha value is -2.69. The van der Waals surface area contributed by atoms with Crippen LogP contribution >= 0.6 is 0 Å². The van der Waals surface area contributed by atoms with Crippen LogP contribution in [0.5, 0.6) is 0 Å². The zero-order valence-electron chi connectivity index (χ0n) is 14.4. The molecule has 2 heterocycles. The Labute approximate surface area is 147 Å². The van der Waals surface area contributed by atoms with Gasteiger partial charge in [-0.1, -0.05) is 18.2 Å². The van der Waals surface area contributed by atoms with Gasteiger partial charge in [0.1, 0.15) is 0 Å². The molecule has 1 atom stereocenters. The maximum absolute atomic E-state index is 12.7. The Morgan fingerprint density at radius 2 is 1.96 bits per heavy atom. The van der Waals surface area contributed by atoms with Crippen LogP contribution in [0.1, 0.15) is 46.8 Å². The van der Waals surface area contributed by atoms with E-state index in [0.29, 0.717) is 18.4 Å². The fraction of sp³-hybridized carbons (Fsp3) is 0.350. The molecule has 5 heteroatoms. The van der Waals surface area contributed by atoms with Gasteiger partial charge < -0.3 is 9.64 Å². The van der Waals surface area contributed by atoms with Crippen molar-refractivity contribution in [2.45, 2.75) is 31.7 Å². The first kappa shape index (κ1) is 17.1. The maximum Gasteiger partial charge on any atom is 0.338 e. The number of nitrogens with zero attached hydrogens (tertiary/aromatic N) is 2. The molecule has 5 nitrogen and oxygen atoms in total. The SMILES string of the molecule is COC(=O)c1ccccc1CCC(=O)N1CCCC1c1ccncc1. The molecule has 0 spiro atoms. The molecule has 130 valence electrons. The summed E-state index contributed by atoms with van der Waals surface area (Å²) in [6, 6.07) is 11.4. The quantitative estimate of drug-likeness (QED) is 0.786. The molecular weight excluding hydrogens is 316 g/mol. The van der Waals surface area contributed by atoms with E-state index < -0.39 is 0 Å².